The van der Waals surface area contributed by atoms with E-state index in [-0.39, 0.29) is 6.61 Å². The zero-order chi connectivity index (χ0) is 11.7. The fourth-order valence-corrected chi connectivity index (χ4v) is 2.33. The highest BCUT2D eigenvalue weighted by Crippen LogP contribution is 2.38. The molecule has 2 rings (SSSR count). The van der Waals surface area contributed by atoms with Crippen molar-refractivity contribution < 1.29 is 5.11 Å². The molecule has 0 atom stereocenters. The fraction of sp³-hybridized carbons (Fsp3) is 0.333. The molecule has 0 aromatic heterocycles. The lowest BCUT2D eigenvalue weighted by molar-refractivity contribution is 0.281. The summed E-state index contributed by atoms with van der Waals surface area (Å²) in [4.78, 5) is 0. The number of benzene rings is 1. The Kier molecular flexibility index (Phi) is 2.97. The maximum absolute atomic E-state index is 9.36. The van der Waals surface area contributed by atoms with Gasteiger partial charge in [-0.2, -0.15) is 0 Å². The van der Waals surface area contributed by atoms with Crippen LogP contribution in [-0.4, -0.2) is 5.11 Å². The molecule has 0 unspecified atom stereocenters. The van der Waals surface area contributed by atoms with Gasteiger partial charge in [0.1, 0.15) is 0 Å². The highest BCUT2D eigenvalue weighted by atomic mass is 16.3. The van der Waals surface area contributed by atoms with Crippen molar-refractivity contribution in [3.8, 4) is 0 Å². The number of aliphatic hydroxyl groups excluding tert-OH is 1. The second-order valence-corrected chi connectivity index (χ2v) is 4.50. The summed E-state index contributed by atoms with van der Waals surface area (Å²) in [5.74, 6) is 0. The molecule has 0 fully saturated rings. The van der Waals surface area contributed by atoms with Crippen LogP contribution < -0.4 is 0 Å². The summed E-state index contributed by atoms with van der Waals surface area (Å²) in [7, 11) is 0. The van der Waals surface area contributed by atoms with Crippen molar-refractivity contribution in [1.29, 1.82) is 0 Å². The van der Waals surface area contributed by atoms with Gasteiger partial charge in [0.05, 0.1) is 6.61 Å². The third kappa shape index (κ3) is 1.72. The van der Waals surface area contributed by atoms with E-state index >= 15 is 0 Å². The van der Waals surface area contributed by atoms with Crippen LogP contribution in [0.1, 0.15) is 38.3 Å². The van der Waals surface area contributed by atoms with Crippen molar-refractivity contribution in [2.75, 3.05) is 0 Å². The van der Waals surface area contributed by atoms with Gasteiger partial charge >= 0.3 is 0 Å². The average molecular weight is 214 g/mol. The summed E-state index contributed by atoms with van der Waals surface area (Å²) < 4.78 is 0. The van der Waals surface area contributed by atoms with Gasteiger partial charge in [0.25, 0.3) is 0 Å². The van der Waals surface area contributed by atoms with E-state index in [1.807, 2.05) is 18.2 Å². The van der Waals surface area contributed by atoms with Crippen LogP contribution in [0, 0.1) is 0 Å². The van der Waals surface area contributed by atoms with Gasteiger partial charge in [-0.3, -0.25) is 0 Å². The maximum Gasteiger partial charge on any atom is 0.0687 e. The van der Waals surface area contributed by atoms with E-state index in [4.69, 9.17) is 0 Å². The molecule has 0 spiro atoms. The van der Waals surface area contributed by atoms with Crippen LogP contribution in [-0.2, 0) is 6.61 Å². The fourth-order valence-electron chi connectivity index (χ4n) is 2.33. The lowest BCUT2D eigenvalue weighted by atomic mass is 9.96. The topological polar surface area (TPSA) is 20.2 Å². The third-order valence-electron chi connectivity index (χ3n) is 3.61. The van der Waals surface area contributed by atoms with Crippen LogP contribution in [0.4, 0.5) is 0 Å². The first-order chi connectivity index (χ1) is 7.65. The minimum absolute atomic E-state index is 0.116. The summed E-state index contributed by atoms with van der Waals surface area (Å²) >= 11 is 0. The van der Waals surface area contributed by atoms with Crippen LogP contribution in [0.5, 0.6) is 0 Å². The normalized spacial score (nSPS) is 16.2. The molecular formula is C15H18O. The van der Waals surface area contributed by atoms with E-state index in [1.54, 1.807) is 0 Å². The van der Waals surface area contributed by atoms with Gasteiger partial charge in [-0.25, -0.2) is 0 Å². The standard InChI is InChI=1S/C15H18O/c1-10-8-15(12(3)11(10)2)14-7-5-4-6-13(14)9-16/h4-7,16H,8-9H2,1-3H3. The zero-order valence-electron chi connectivity index (χ0n) is 10.2. The quantitative estimate of drug-likeness (QED) is 0.796. The molecule has 0 radical (unpaired) electrons. The first-order valence-electron chi connectivity index (χ1n) is 5.70. The molecule has 0 bridgehead atoms. The summed E-state index contributed by atoms with van der Waals surface area (Å²) in [6.07, 6.45) is 1.02. The minimum atomic E-state index is 0.116. The van der Waals surface area contributed by atoms with Crippen molar-refractivity contribution in [1.82, 2.24) is 0 Å². The van der Waals surface area contributed by atoms with Gasteiger partial charge in [0.15, 0.2) is 0 Å². The molecule has 0 aliphatic heterocycles. The van der Waals surface area contributed by atoms with Crippen molar-refractivity contribution in [2.45, 2.75) is 33.8 Å². The molecule has 1 aliphatic carbocycles. The Morgan fingerprint density at radius 1 is 1.06 bits per heavy atom. The molecular weight excluding hydrogens is 196 g/mol. The molecule has 0 saturated carbocycles. The maximum atomic E-state index is 9.36. The summed E-state index contributed by atoms with van der Waals surface area (Å²) in [6, 6.07) is 8.12. The zero-order valence-corrected chi connectivity index (χ0v) is 10.2. The van der Waals surface area contributed by atoms with Gasteiger partial charge < -0.3 is 5.11 Å². The molecule has 1 aromatic carbocycles. The second-order valence-electron chi connectivity index (χ2n) is 4.50. The molecule has 1 aliphatic rings. The van der Waals surface area contributed by atoms with E-state index in [0.717, 1.165) is 12.0 Å². The predicted octanol–water partition coefficient (Wildman–Crippen LogP) is 3.69. The number of hydrogen-bond donors (Lipinski definition) is 1. The molecule has 0 saturated heterocycles. The van der Waals surface area contributed by atoms with E-state index in [2.05, 4.69) is 26.8 Å². The van der Waals surface area contributed by atoms with Crippen molar-refractivity contribution >= 4 is 5.57 Å². The van der Waals surface area contributed by atoms with Crippen LogP contribution in [0.15, 0.2) is 41.0 Å². The summed E-state index contributed by atoms with van der Waals surface area (Å²) in [6.45, 7) is 6.66. The molecule has 16 heavy (non-hydrogen) atoms. The minimum Gasteiger partial charge on any atom is -0.392 e. The largest absolute Gasteiger partial charge is 0.392 e. The highest BCUT2D eigenvalue weighted by molar-refractivity contribution is 5.79. The Labute approximate surface area is 97.1 Å². The van der Waals surface area contributed by atoms with E-state index in [9.17, 15) is 5.11 Å². The van der Waals surface area contributed by atoms with Crippen molar-refractivity contribution in [3.05, 3.63) is 52.1 Å². The Bertz CT molecular complexity index is 478. The van der Waals surface area contributed by atoms with E-state index < -0.39 is 0 Å². The Hall–Kier alpha value is -1.34. The number of aliphatic hydroxyl groups is 1. The van der Waals surface area contributed by atoms with E-state index in [1.165, 1.54) is 27.9 Å². The molecule has 1 heteroatoms. The number of allylic oxidation sites excluding steroid dienone is 4. The molecule has 0 amide bonds. The number of rotatable bonds is 2. The van der Waals surface area contributed by atoms with Gasteiger partial charge in [-0.05, 0) is 55.0 Å². The molecule has 1 N–H and O–H groups in total. The van der Waals surface area contributed by atoms with Crippen LogP contribution >= 0.6 is 0 Å². The first-order valence-corrected chi connectivity index (χ1v) is 5.70. The number of hydrogen-bond acceptors (Lipinski definition) is 1. The van der Waals surface area contributed by atoms with Gasteiger partial charge in [-0.1, -0.05) is 29.8 Å². The lowest BCUT2D eigenvalue weighted by Crippen LogP contribution is -1.93. The third-order valence-corrected chi connectivity index (χ3v) is 3.61. The summed E-state index contributed by atoms with van der Waals surface area (Å²) in [5.41, 5.74) is 7.83. The monoisotopic (exact) mass is 214 g/mol. The predicted molar refractivity (Wildman–Crippen MR) is 67.9 cm³/mol. The Balaban J connectivity index is 2.49. The summed E-state index contributed by atoms with van der Waals surface area (Å²) in [5, 5.41) is 9.36. The smallest absolute Gasteiger partial charge is 0.0687 e. The lowest BCUT2D eigenvalue weighted by Gasteiger charge is -2.10. The van der Waals surface area contributed by atoms with E-state index in [0.29, 0.717) is 0 Å². The van der Waals surface area contributed by atoms with Crippen molar-refractivity contribution in [3.63, 3.8) is 0 Å². The Morgan fingerprint density at radius 3 is 2.31 bits per heavy atom. The molecule has 0 heterocycles. The van der Waals surface area contributed by atoms with Gasteiger partial charge in [-0.15, -0.1) is 0 Å². The second kappa shape index (κ2) is 4.26. The van der Waals surface area contributed by atoms with Gasteiger partial charge in [0.2, 0.25) is 0 Å². The Morgan fingerprint density at radius 2 is 1.75 bits per heavy atom. The SMILES string of the molecule is CC1=C(C)C(C)=C(c2ccccc2CO)C1. The average Bonchev–Trinajstić information content (AvgIpc) is 2.57. The van der Waals surface area contributed by atoms with Crippen molar-refractivity contribution in [2.24, 2.45) is 0 Å². The first kappa shape index (κ1) is 11.2. The highest BCUT2D eigenvalue weighted by Gasteiger charge is 2.18. The van der Waals surface area contributed by atoms with Crippen LogP contribution in [0.2, 0.25) is 0 Å². The van der Waals surface area contributed by atoms with Crippen LogP contribution in [0.3, 0.4) is 0 Å². The van der Waals surface area contributed by atoms with Gasteiger partial charge in [0, 0.05) is 0 Å². The molecule has 1 aromatic rings. The molecule has 1 nitrogen and oxygen atoms in total. The molecule has 84 valence electrons. The van der Waals surface area contributed by atoms with Crippen LogP contribution in [0.25, 0.3) is 5.57 Å².